The number of halogens is 6. The summed E-state index contributed by atoms with van der Waals surface area (Å²) in [6.45, 7) is 0. The molecule has 1 aromatic rings. The van der Waals surface area contributed by atoms with Crippen LogP contribution in [0.2, 0.25) is 0 Å². The Bertz CT molecular complexity index is 391. The highest BCUT2D eigenvalue weighted by Crippen LogP contribution is 2.36. The lowest BCUT2D eigenvalue weighted by molar-refractivity contribution is -0.140. The van der Waals surface area contributed by atoms with Crippen LogP contribution < -0.4 is 5.73 Å². The van der Waals surface area contributed by atoms with Crippen LogP contribution in [0.3, 0.4) is 0 Å². The van der Waals surface area contributed by atoms with Crippen LogP contribution in [-0.4, -0.2) is 4.98 Å². The summed E-state index contributed by atoms with van der Waals surface area (Å²) >= 11 is 2.87. The fourth-order valence-corrected chi connectivity index (χ4v) is 1.53. The zero-order chi connectivity index (χ0) is 12.5. The minimum atomic E-state index is -4.84. The third-order valence-corrected chi connectivity index (χ3v) is 2.40. The third-order valence-electron chi connectivity index (χ3n) is 1.80. The molecule has 0 aliphatic carbocycles. The number of pyridine rings is 1. The van der Waals surface area contributed by atoms with E-state index in [1.165, 1.54) is 0 Å². The van der Waals surface area contributed by atoms with Crippen molar-refractivity contribution in [3.8, 4) is 0 Å². The SMILES string of the molecule is Nc1c(CBr)cc(C(F)F)nc1C(F)(F)F. The maximum atomic E-state index is 12.4. The van der Waals surface area contributed by atoms with E-state index in [-0.39, 0.29) is 10.9 Å². The lowest BCUT2D eigenvalue weighted by Gasteiger charge is -2.13. The molecule has 2 nitrogen and oxygen atoms in total. The van der Waals surface area contributed by atoms with E-state index in [1.54, 1.807) is 0 Å². The van der Waals surface area contributed by atoms with E-state index in [9.17, 15) is 22.0 Å². The lowest BCUT2D eigenvalue weighted by Crippen LogP contribution is -2.15. The van der Waals surface area contributed by atoms with E-state index in [0.717, 1.165) is 6.07 Å². The average molecular weight is 305 g/mol. The molecule has 0 aliphatic heterocycles. The summed E-state index contributed by atoms with van der Waals surface area (Å²) in [6, 6.07) is 0.851. The smallest absolute Gasteiger partial charge is 0.397 e. The molecule has 0 amide bonds. The Morgan fingerprint density at radius 2 is 1.94 bits per heavy atom. The molecule has 16 heavy (non-hydrogen) atoms. The molecule has 0 unspecified atom stereocenters. The number of nitrogen functional groups attached to an aromatic ring is 1. The fourth-order valence-electron chi connectivity index (χ4n) is 1.07. The predicted octanol–water partition coefficient (Wildman–Crippen LogP) is 3.52. The molecule has 2 N–H and O–H groups in total. The largest absolute Gasteiger partial charge is 0.435 e. The maximum Gasteiger partial charge on any atom is 0.435 e. The molecule has 0 aliphatic rings. The van der Waals surface area contributed by atoms with Crippen LogP contribution in [0.4, 0.5) is 27.6 Å². The highest BCUT2D eigenvalue weighted by molar-refractivity contribution is 9.08. The van der Waals surface area contributed by atoms with Crippen molar-refractivity contribution in [1.82, 2.24) is 4.98 Å². The molecule has 0 fully saturated rings. The van der Waals surface area contributed by atoms with Crippen molar-refractivity contribution in [3.63, 3.8) is 0 Å². The lowest BCUT2D eigenvalue weighted by atomic mass is 10.1. The molecule has 0 bridgehead atoms. The fraction of sp³-hybridized carbons (Fsp3) is 0.375. The van der Waals surface area contributed by atoms with Crippen LogP contribution in [0.25, 0.3) is 0 Å². The summed E-state index contributed by atoms with van der Waals surface area (Å²) < 4.78 is 61.8. The van der Waals surface area contributed by atoms with Crippen molar-refractivity contribution >= 4 is 21.6 Å². The van der Waals surface area contributed by atoms with Crippen molar-refractivity contribution in [3.05, 3.63) is 23.0 Å². The van der Waals surface area contributed by atoms with Crippen LogP contribution >= 0.6 is 15.9 Å². The number of aromatic nitrogens is 1. The van der Waals surface area contributed by atoms with Gasteiger partial charge in [0.15, 0.2) is 5.69 Å². The van der Waals surface area contributed by atoms with Crippen LogP contribution in [0.5, 0.6) is 0 Å². The van der Waals surface area contributed by atoms with Crippen LogP contribution in [0.15, 0.2) is 6.07 Å². The van der Waals surface area contributed by atoms with E-state index in [0.29, 0.717) is 0 Å². The van der Waals surface area contributed by atoms with Gasteiger partial charge >= 0.3 is 6.18 Å². The quantitative estimate of drug-likeness (QED) is 0.671. The van der Waals surface area contributed by atoms with E-state index in [4.69, 9.17) is 5.73 Å². The second-order valence-electron chi connectivity index (χ2n) is 2.90. The molecule has 0 saturated heterocycles. The van der Waals surface area contributed by atoms with Crippen LogP contribution in [0.1, 0.15) is 23.4 Å². The summed E-state index contributed by atoms with van der Waals surface area (Å²) in [7, 11) is 0. The highest BCUT2D eigenvalue weighted by Gasteiger charge is 2.37. The Morgan fingerprint density at radius 1 is 1.38 bits per heavy atom. The summed E-state index contributed by atoms with van der Waals surface area (Å²) in [5.41, 5.74) is 2.10. The summed E-state index contributed by atoms with van der Waals surface area (Å²) in [6.07, 6.45) is -7.91. The molecule has 0 aromatic carbocycles. The number of rotatable bonds is 2. The standard InChI is InChI=1S/C8H6BrF5N2/c9-2-3-1-4(7(10)11)16-6(5(3)15)8(12,13)14/h1,7H,2,15H2. The van der Waals surface area contributed by atoms with Gasteiger partial charge in [-0.1, -0.05) is 15.9 Å². The maximum absolute atomic E-state index is 12.4. The molecule has 1 aromatic heterocycles. The Hall–Kier alpha value is -0.920. The molecule has 0 radical (unpaired) electrons. The zero-order valence-electron chi connectivity index (χ0n) is 7.65. The monoisotopic (exact) mass is 304 g/mol. The van der Waals surface area contributed by atoms with Gasteiger partial charge in [-0.2, -0.15) is 13.2 Å². The van der Waals surface area contributed by atoms with E-state index in [2.05, 4.69) is 20.9 Å². The van der Waals surface area contributed by atoms with Gasteiger partial charge in [0.1, 0.15) is 5.69 Å². The van der Waals surface area contributed by atoms with Gasteiger partial charge in [-0.25, -0.2) is 13.8 Å². The molecule has 90 valence electrons. The number of alkyl halides is 6. The van der Waals surface area contributed by atoms with Gasteiger partial charge in [-0.05, 0) is 11.6 Å². The molecule has 0 saturated carbocycles. The number of nitrogens with two attached hydrogens (primary N) is 1. The Kier molecular flexibility index (Phi) is 3.72. The summed E-state index contributed by atoms with van der Waals surface area (Å²) in [4.78, 5) is 2.83. The van der Waals surface area contributed by atoms with Gasteiger partial charge < -0.3 is 5.73 Å². The summed E-state index contributed by atoms with van der Waals surface area (Å²) in [5, 5.41) is -0.0514. The topological polar surface area (TPSA) is 38.9 Å². The minimum absolute atomic E-state index is 0.0514. The predicted molar refractivity (Wildman–Crippen MR) is 51.2 cm³/mol. The first-order valence-corrected chi connectivity index (χ1v) is 5.10. The molecule has 1 heterocycles. The number of nitrogens with zero attached hydrogens (tertiary/aromatic N) is 1. The molecule has 1 rings (SSSR count). The van der Waals surface area contributed by atoms with Gasteiger partial charge in [0.25, 0.3) is 6.43 Å². The highest BCUT2D eigenvalue weighted by atomic mass is 79.9. The van der Waals surface area contributed by atoms with Gasteiger partial charge in [-0.3, -0.25) is 0 Å². The van der Waals surface area contributed by atoms with Crippen molar-refractivity contribution in [2.75, 3.05) is 5.73 Å². The van der Waals surface area contributed by atoms with Crippen LogP contribution in [0, 0.1) is 0 Å². The first-order chi connectivity index (χ1) is 7.27. The molecular weight excluding hydrogens is 299 g/mol. The minimum Gasteiger partial charge on any atom is -0.397 e. The van der Waals surface area contributed by atoms with Crippen molar-refractivity contribution in [1.29, 1.82) is 0 Å². The van der Waals surface area contributed by atoms with E-state index < -0.39 is 29.7 Å². The van der Waals surface area contributed by atoms with Crippen molar-refractivity contribution in [2.45, 2.75) is 17.9 Å². The number of anilines is 1. The van der Waals surface area contributed by atoms with Gasteiger partial charge in [0, 0.05) is 5.33 Å². The van der Waals surface area contributed by atoms with Gasteiger partial charge in [0.2, 0.25) is 0 Å². The number of hydrogen-bond donors (Lipinski definition) is 1. The van der Waals surface area contributed by atoms with E-state index in [1.807, 2.05) is 0 Å². The van der Waals surface area contributed by atoms with Crippen LogP contribution in [-0.2, 0) is 11.5 Å². The Balaban J connectivity index is 3.42. The molecule has 0 atom stereocenters. The first-order valence-electron chi connectivity index (χ1n) is 3.98. The second-order valence-corrected chi connectivity index (χ2v) is 3.46. The van der Waals surface area contributed by atoms with Crippen molar-refractivity contribution < 1.29 is 22.0 Å². The summed E-state index contributed by atoms with van der Waals surface area (Å²) in [5.74, 6) is 0. The molecule has 8 heteroatoms. The second kappa shape index (κ2) is 4.52. The van der Waals surface area contributed by atoms with E-state index >= 15 is 0 Å². The normalized spacial score (nSPS) is 12.2. The Morgan fingerprint density at radius 3 is 2.31 bits per heavy atom. The van der Waals surface area contributed by atoms with Crippen molar-refractivity contribution in [2.24, 2.45) is 0 Å². The zero-order valence-corrected chi connectivity index (χ0v) is 9.24. The molecule has 0 spiro atoms. The third kappa shape index (κ3) is 2.60. The Labute approximate surface area is 95.8 Å². The molecular formula is C8H6BrF5N2. The van der Waals surface area contributed by atoms with Gasteiger partial charge in [-0.15, -0.1) is 0 Å². The number of hydrogen-bond acceptors (Lipinski definition) is 2. The van der Waals surface area contributed by atoms with Gasteiger partial charge in [0.05, 0.1) is 5.69 Å². The average Bonchev–Trinajstić information content (AvgIpc) is 2.15. The first kappa shape index (κ1) is 13.1.